The molecule has 1 amide bonds. The summed E-state index contributed by atoms with van der Waals surface area (Å²) >= 11 is 2.92. The summed E-state index contributed by atoms with van der Waals surface area (Å²) in [5.74, 6) is 1.18. The zero-order valence-electron chi connectivity index (χ0n) is 17.2. The number of amides is 1. The lowest BCUT2D eigenvalue weighted by molar-refractivity contribution is 0.102. The van der Waals surface area contributed by atoms with E-state index in [-0.39, 0.29) is 10.8 Å². The molecule has 0 bridgehead atoms. The lowest BCUT2D eigenvalue weighted by Gasteiger charge is -2.20. The number of hydrogen-bond acceptors (Lipinski definition) is 8. The first-order valence-corrected chi connectivity index (χ1v) is 12.6. The van der Waals surface area contributed by atoms with Gasteiger partial charge in [0, 0.05) is 18.4 Å². The lowest BCUT2D eigenvalue weighted by Crippen LogP contribution is -2.26. The van der Waals surface area contributed by atoms with Crippen LogP contribution in [0, 0.1) is 0 Å². The van der Waals surface area contributed by atoms with E-state index >= 15 is 0 Å². The molecule has 1 aromatic heterocycles. The third-order valence-corrected chi connectivity index (χ3v) is 8.25. The number of hydrogen-bond donors (Lipinski definition) is 1. The minimum absolute atomic E-state index is 0.144. The Morgan fingerprint density at radius 3 is 2.42 bits per heavy atom. The van der Waals surface area contributed by atoms with Crippen molar-refractivity contribution in [3.05, 3.63) is 54.1 Å². The highest BCUT2D eigenvalue weighted by Crippen LogP contribution is 2.27. The van der Waals surface area contributed by atoms with E-state index in [4.69, 9.17) is 4.74 Å². The second kappa shape index (κ2) is 10.1. The van der Waals surface area contributed by atoms with E-state index in [2.05, 4.69) is 22.4 Å². The summed E-state index contributed by atoms with van der Waals surface area (Å²) < 4.78 is 32.8. The molecule has 0 spiro atoms. The Morgan fingerprint density at radius 2 is 1.81 bits per heavy atom. The van der Waals surface area contributed by atoms with Crippen molar-refractivity contribution in [1.82, 2.24) is 10.2 Å². The number of thioether (sulfide) groups is 1. The summed E-state index contributed by atoms with van der Waals surface area (Å²) in [6.45, 7) is 2.08. The van der Waals surface area contributed by atoms with Crippen molar-refractivity contribution in [1.29, 1.82) is 0 Å². The Hall–Kier alpha value is -2.63. The van der Waals surface area contributed by atoms with Crippen LogP contribution in [0.1, 0.15) is 23.7 Å². The second-order valence-corrected chi connectivity index (χ2v) is 10.7. The van der Waals surface area contributed by atoms with Crippen LogP contribution in [0.15, 0.2) is 57.8 Å². The average molecular weight is 479 g/mol. The number of benzene rings is 2. The van der Waals surface area contributed by atoms with Crippen LogP contribution in [-0.2, 0) is 10.0 Å². The van der Waals surface area contributed by atoms with Crippen molar-refractivity contribution in [3.63, 3.8) is 0 Å². The molecule has 31 heavy (non-hydrogen) atoms. The summed E-state index contributed by atoms with van der Waals surface area (Å²) in [6.07, 6.45) is 1.03. The molecule has 0 saturated carbocycles. The topological polar surface area (TPSA) is 101 Å². The van der Waals surface area contributed by atoms with Gasteiger partial charge in [-0.3, -0.25) is 14.4 Å². The molecule has 164 valence electrons. The zero-order chi connectivity index (χ0) is 22.4. The van der Waals surface area contributed by atoms with E-state index in [0.29, 0.717) is 22.1 Å². The summed E-state index contributed by atoms with van der Waals surface area (Å²) in [4.78, 5) is 12.6. The van der Waals surface area contributed by atoms with Crippen molar-refractivity contribution >= 4 is 49.8 Å². The highest BCUT2D eigenvalue weighted by molar-refractivity contribution is 8.01. The maximum atomic E-state index is 12.9. The van der Waals surface area contributed by atoms with E-state index in [1.165, 1.54) is 41.9 Å². The van der Waals surface area contributed by atoms with Crippen molar-refractivity contribution in [2.24, 2.45) is 0 Å². The van der Waals surface area contributed by atoms with Gasteiger partial charge in [0.2, 0.25) is 5.13 Å². The minimum atomic E-state index is -3.75. The Bertz CT molecular complexity index is 1130. The zero-order valence-corrected chi connectivity index (χ0v) is 19.7. The van der Waals surface area contributed by atoms with Crippen LogP contribution in [0.4, 0.5) is 10.8 Å². The fourth-order valence-corrected chi connectivity index (χ4v) is 5.41. The van der Waals surface area contributed by atoms with Crippen LogP contribution in [0.5, 0.6) is 5.75 Å². The van der Waals surface area contributed by atoms with Gasteiger partial charge in [-0.25, -0.2) is 8.42 Å². The van der Waals surface area contributed by atoms with Crippen LogP contribution < -0.4 is 14.4 Å². The maximum Gasteiger partial charge on any atom is 0.264 e. The third kappa shape index (κ3) is 5.54. The van der Waals surface area contributed by atoms with Gasteiger partial charge in [0.25, 0.3) is 15.9 Å². The number of anilines is 2. The molecule has 0 atom stereocenters. The normalized spacial score (nSPS) is 11.2. The first-order valence-electron chi connectivity index (χ1n) is 9.36. The number of carbonyl (C=O) groups is 1. The number of nitrogens with zero attached hydrogens (tertiary/aromatic N) is 3. The van der Waals surface area contributed by atoms with Gasteiger partial charge in [-0.15, -0.1) is 10.2 Å². The summed E-state index contributed by atoms with van der Waals surface area (Å²) in [5, 5.41) is 11.2. The molecule has 1 heterocycles. The Morgan fingerprint density at radius 1 is 1.13 bits per heavy atom. The molecule has 1 N–H and O–H groups in total. The third-order valence-electron chi connectivity index (χ3n) is 4.27. The number of carbonyl (C=O) groups excluding carboxylic acids is 1. The largest absolute Gasteiger partial charge is 0.497 e. The predicted octanol–water partition coefficient (Wildman–Crippen LogP) is 4.13. The highest BCUT2D eigenvalue weighted by Gasteiger charge is 2.21. The average Bonchev–Trinajstić information content (AvgIpc) is 3.24. The molecule has 3 rings (SSSR count). The SMILES string of the molecule is CCCSc1nnc(NC(=O)c2ccc(N(C)S(=O)(=O)c3ccc(OC)cc3)cc2)s1. The molecular formula is C20H22N4O4S3. The molecule has 0 unspecified atom stereocenters. The van der Waals surface area contributed by atoms with Gasteiger partial charge in [-0.2, -0.15) is 0 Å². The van der Waals surface area contributed by atoms with Crippen LogP contribution in [0.3, 0.4) is 0 Å². The predicted molar refractivity (Wildman–Crippen MR) is 124 cm³/mol. The smallest absolute Gasteiger partial charge is 0.264 e. The molecule has 3 aromatic rings. The Kier molecular flexibility index (Phi) is 7.52. The van der Waals surface area contributed by atoms with E-state index in [1.807, 2.05) is 0 Å². The molecule has 0 aliphatic rings. The Balaban J connectivity index is 1.69. The van der Waals surface area contributed by atoms with Gasteiger partial charge in [-0.1, -0.05) is 30.0 Å². The van der Waals surface area contributed by atoms with Crippen molar-refractivity contribution < 1.29 is 17.9 Å². The number of methoxy groups -OCH3 is 1. The second-order valence-electron chi connectivity index (χ2n) is 6.37. The summed E-state index contributed by atoms with van der Waals surface area (Å²) in [6, 6.07) is 12.5. The molecule has 8 nitrogen and oxygen atoms in total. The summed E-state index contributed by atoms with van der Waals surface area (Å²) in [5.41, 5.74) is 0.818. The molecule has 0 saturated heterocycles. The van der Waals surface area contributed by atoms with Gasteiger partial charge < -0.3 is 4.74 Å². The van der Waals surface area contributed by atoms with E-state index < -0.39 is 10.0 Å². The van der Waals surface area contributed by atoms with Gasteiger partial charge in [-0.05, 0) is 55.0 Å². The monoisotopic (exact) mass is 478 g/mol. The van der Waals surface area contributed by atoms with Crippen LogP contribution in [0.2, 0.25) is 0 Å². The molecule has 2 aromatic carbocycles. The molecule has 11 heteroatoms. The fraction of sp³-hybridized carbons (Fsp3) is 0.250. The van der Waals surface area contributed by atoms with Gasteiger partial charge >= 0.3 is 0 Å². The molecule has 0 fully saturated rings. The van der Waals surface area contributed by atoms with Crippen LogP contribution in [-0.4, -0.2) is 44.4 Å². The first kappa shape index (κ1) is 23.0. The van der Waals surface area contributed by atoms with Crippen molar-refractivity contribution in [3.8, 4) is 5.75 Å². The van der Waals surface area contributed by atoms with Gasteiger partial charge in [0.15, 0.2) is 4.34 Å². The van der Waals surface area contributed by atoms with Crippen LogP contribution in [0.25, 0.3) is 0 Å². The number of rotatable bonds is 9. The van der Waals surface area contributed by atoms with Crippen LogP contribution >= 0.6 is 23.1 Å². The van der Waals surface area contributed by atoms with E-state index in [0.717, 1.165) is 16.5 Å². The molecule has 0 aliphatic heterocycles. The molecule has 0 radical (unpaired) electrons. The highest BCUT2D eigenvalue weighted by atomic mass is 32.2. The Labute approximate surface area is 189 Å². The number of sulfonamides is 1. The van der Waals surface area contributed by atoms with E-state index in [1.54, 1.807) is 48.2 Å². The lowest BCUT2D eigenvalue weighted by atomic mass is 10.2. The standard InChI is InChI=1S/C20H22N4O4S3/c1-4-13-29-20-23-22-19(30-20)21-18(25)14-5-7-15(8-6-14)24(2)31(26,27)17-11-9-16(28-3)10-12-17/h5-12H,4,13H2,1-3H3,(H,21,22,25). The van der Waals surface area contributed by atoms with Gasteiger partial charge in [0.05, 0.1) is 17.7 Å². The molecular weight excluding hydrogens is 456 g/mol. The summed E-state index contributed by atoms with van der Waals surface area (Å²) in [7, 11) is -0.765. The van der Waals surface area contributed by atoms with Crippen molar-refractivity contribution in [2.75, 3.05) is 29.5 Å². The molecule has 0 aliphatic carbocycles. The van der Waals surface area contributed by atoms with Gasteiger partial charge in [0.1, 0.15) is 5.75 Å². The quantitative estimate of drug-likeness (QED) is 0.364. The number of aromatic nitrogens is 2. The fourth-order valence-electron chi connectivity index (χ4n) is 2.54. The number of nitrogens with one attached hydrogen (secondary N) is 1. The van der Waals surface area contributed by atoms with Crippen molar-refractivity contribution in [2.45, 2.75) is 22.6 Å². The minimum Gasteiger partial charge on any atom is -0.497 e. The number of ether oxygens (including phenoxy) is 1. The van der Waals surface area contributed by atoms with E-state index in [9.17, 15) is 13.2 Å². The first-order chi connectivity index (χ1) is 14.8. The maximum absolute atomic E-state index is 12.9.